The zero-order chi connectivity index (χ0) is 19.5. The summed E-state index contributed by atoms with van der Waals surface area (Å²) in [5, 5.41) is 6.48. The quantitative estimate of drug-likeness (QED) is 0.216. The monoisotopic (exact) mass is 521 g/mol. The first-order valence-electron chi connectivity index (χ1n) is 8.82. The molecule has 2 rings (SSSR count). The van der Waals surface area contributed by atoms with E-state index in [1.165, 1.54) is 6.26 Å². The maximum Gasteiger partial charge on any atom is 0.190 e. The van der Waals surface area contributed by atoms with Gasteiger partial charge >= 0.3 is 0 Å². The molecule has 0 bridgehead atoms. The molecule has 2 N–H and O–H groups in total. The summed E-state index contributed by atoms with van der Waals surface area (Å²) in [5.74, 6) is 1.55. The Balaban J connectivity index is 0.00000392. The highest BCUT2D eigenvalue weighted by molar-refractivity contribution is 14.0. The predicted octanol–water partition coefficient (Wildman–Crippen LogP) is 2.62. The Morgan fingerprint density at radius 1 is 1.14 bits per heavy atom. The Morgan fingerprint density at radius 2 is 1.86 bits per heavy atom. The highest BCUT2D eigenvalue weighted by atomic mass is 127. The van der Waals surface area contributed by atoms with Crippen molar-refractivity contribution in [1.29, 1.82) is 0 Å². The number of hydrogen-bond donors (Lipinski definition) is 2. The molecule has 0 aliphatic rings. The number of ether oxygens (including phenoxy) is 1. The number of nitrogens with one attached hydrogen (secondary N) is 2. The third-order valence-corrected chi connectivity index (χ3v) is 4.99. The van der Waals surface area contributed by atoms with E-state index >= 15 is 0 Å². The van der Waals surface area contributed by atoms with Crippen molar-refractivity contribution < 1.29 is 17.6 Å². The number of nitrogens with zero attached hydrogens (tertiary/aromatic N) is 1. The second kappa shape index (κ2) is 12.8. The molecule has 0 radical (unpaired) electrons. The molecule has 2 aromatic rings. The first-order valence-corrected chi connectivity index (χ1v) is 10.7. The van der Waals surface area contributed by atoms with E-state index in [-0.39, 0.29) is 24.0 Å². The average Bonchev–Trinajstić information content (AvgIpc) is 3.16. The van der Waals surface area contributed by atoms with Gasteiger partial charge in [-0.05, 0) is 42.7 Å². The maximum absolute atomic E-state index is 11.5. The van der Waals surface area contributed by atoms with Crippen LogP contribution in [0.25, 0.3) is 0 Å². The molecular formula is C19H28IN3O4S. The Hall–Kier alpha value is -1.59. The van der Waals surface area contributed by atoms with Crippen molar-refractivity contribution in [2.75, 3.05) is 33.0 Å². The molecule has 0 aliphatic carbocycles. The molecule has 0 saturated heterocycles. The first-order chi connectivity index (χ1) is 13.0. The smallest absolute Gasteiger partial charge is 0.190 e. The van der Waals surface area contributed by atoms with E-state index in [9.17, 15) is 8.42 Å². The number of rotatable bonds is 10. The molecule has 0 fully saturated rings. The first kappa shape index (κ1) is 24.4. The van der Waals surface area contributed by atoms with E-state index in [2.05, 4.69) is 15.6 Å². The lowest BCUT2D eigenvalue weighted by Gasteiger charge is -2.12. The minimum Gasteiger partial charge on any atom is -0.467 e. The number of aliphatic imine (C=N–C) groups is 1. The van der Waals surface area contributed by atoms with Crippen molar-refractivity contribution in [3.63, 3.8) is 0 Å². The summed E-state index contributed by atoms with van der Waals surface area (Å²) in [4.78, 5) is 4.52. The van der Waals surface area contributed by atoms with Crippen molar-refractivity contribution in [2.45, 2.75) is 24.3 Å². The third-order valence-electron chi connectivity index (χ3n) is 3.86. The van der Waals surface area contributed by atoms with E-state index < -0.39 is 9.84 Å². The Labute approximate surface area is 183 Å². The largest absolute Gasteiger partial charge is 0.467 e. The van der Waals surface area contributed by atoms with E-state index in [1.54, 1.807) is 25.4 Å². The van der Waals surface area contributed by atoms with Gasteiger partial charge in [0.05, 0.1) is 11.2 Å². The molecule has 28 heavy (non-hydrogen) atoms. The number of benzene rings is 1. The van der Waals surface area contributed by atoms with Crippen LogP contribution in [0.5, 0.6) is 0 Å². The molecule has 1 heterocycles. The molecular weight excluding hydrogens is 493 g/mol. The SMILES string of the molecule is CN=C(NCCCOCc1ccco1)NCCc1ccc(S(C)(=O)=O)cc1.I. The van der Waals surface area contributed by atoms with Crippen LogP contribution in [0.3, 0.4) is 0 Å². The number of halogens is 1. The van der Waals surface area contributed by atoms with Crippen LogP contribution in [-0.2, 0) is 27.6 Å². The summed E-state index contributed by atoms with van der Waals surface area (Å²) in [6.45, 7) is 2.57. The van der Waals surface area contributed by atoms with Gasteiger partial charge in [-0.1, -0.05) is 12.1 Å². The van der Waals surface area contributed by atoms with Gasteiger partial charge in [-0.3, -0.25) is 4.99 Å². The van der Waals surface area contributed by atoms with Crippen LogP contribution >= 0.6 is 24.0 Å². The molecule has 7 nitrogen and oxygen atoms in total. The van der Waals surface area contributed by atoms with Gasteiger partial charge in [0.1, 0.15) is 12.4 Å². The van der Waals surface area contributed by atoms with Gasteiger partial charge in [0.2, 0.25) is 0 Å². The van der Waals surface area contributed by atoms with E-state index in [1.807, 2.05) is 24.3 Å². The van der Waals surface area contributed by atoms with Crippen LogP contribution in [0.1, 0.15) is 17.7 Å². The van der Waals surface area contributed by atoms with Gasteiger partial charge in [0.25, 0.3) is 0 Å². The van der Waals surface area contributed by atoms with Crippen LogP contribution in [0.2, 0.25) is 0 Å². The predicted molar refractivity (Wildman–Crippen MR) is 121 cm³/mol. The number of hydrogen-bond acceptors (Lipinski definition) is 5. The fraction of sp³-hybridized carbons (Fsp3) is 0.421. The van der Waals surface area contributed by atoms with Crippen molar-refractivity contribution in [1.82, 2.24) is 10.6 Å². The number of guanidine groups is 1. The lowest BCUT2D eigenvalue weighted by atomic mass is 10.1. The topological polar surface area (TPSA) is 92.9 Å². The van der Waals surface area contributed by atoms with Gasteiger partial charge in [-0.15, -0.1) is 24.0 Å². The van der Waals surface area contributed by atoms with Gasteiger partial charge in [-0.2, -0.15) is 0 Å². The molecule has 0 unspecified atom stereocenters. The van der Waals surface area contributed by atoms with Gasteiger partial charge in [0, 0.05) is 33.0 Å². The number of sulfone groups is 1. The molecule has 0 aliphatic heterocycles. The molecule has 156 valence electrons. The zero-order valence-electron chi connectivity index (χ0n) is 16.2. The minimum atomic E-state index is -3.15. The van der Waals surface area contributed by atoms with E-state index in [0.29, 0.717) is 24.7 Å². The normalized spacial score (nSPS) is 11.7. The van der Waals surface area contributed by atoms with Gasteiger partial charge in [-0.25, -0.2) is 8.42 Å². The van der Waals surface area contributed by atoms with Crippen molar-refractivity contribution in [3.8, 4) is 0 Å². The highest BCUT2D eigenvalue weighted by Crippen LogP contribution is 2.10. The highest BCUT2D eigenvalue weighted by Gasteiger charge is 2.06. The van der Waals surface area contributed by atoms with E-state index in [0.717, 1.165) is 36.7 Å². The fourth-order valence-electron chi connectivity index (χ4n) is 2.40. The Morgan fingerprint density at radius 3 is 2.46 bits per heavy atom. The average molecular weight is 521 g/mol. The maximum atomic E-state index is 11.5. The summed E-state index contributed by atoms with van der Waals surface area (Å²) in [5.41, 5.74) is 1.07. The molecule has 1 aromatic heterocycles. The standard InChI is InChI=1S/C19H27N3O4S.HI/c1-20-19(21-11-4-13-25-15-17-5-3-14-26-17)22-12-10-16-6-8-18(9-7-16)27(2,23)24;/h3,5-9,14H,4,10-13,15H2,1-2H3,(H2,20,21,22);1H. The summed E-state index contributed by atoms with van der Waals surface area (Å²) >= 11 is 0. The summed E-state index contributed by atoms with van der Waals surface area (Å²) in [6, 6.07) is 10.7. The van der Waals surface area contributed by atoms with Gasteiger partial charge in [0.15, 0.2) is 15.8 Å². The van der Waals surface area contributed by atoms with Crippen LogP contribution in [0.15, 0.2) is 57.0 Å². The van der Waals surface area contributed by atoms with Crippen LogP contribution in [0, 0.1) is 0 Å². The molecule has 0 spiro atoms. The third kappa shape index (κ3) is 9.07. The molecule has 9 heteroatoms. The summed E-state index contributed by atoms with van der Waals surface area (Å²) in [7, 11) is -1.42. The minimum absolute atomic E-state index is 0. The molecule has 1 aromatic carbocycles. The fourth-order valence-corrected chi connectivity index (χ4v) is 3.03. The van der Waals surface area contributed by atoms with E-state index in [4.69, 9.17) is 9.15 Å². The Bertz CT molecular complexity index is 806. The van der Waals surface area contributed by atoms with Crippen molar-refractivity contribution >= 4 is 39.8 Å². The van der Waals surface area contributed by atoms with Crippen LogP contribution in [-0.4, -0.2) is 47.4 Å². The van der Waals surface area contributed by atoms with Crippen LogP contribution in [0.4, 0.5) is 0 Å². The second-order valence-electron chi connectivity index (χ2n) is 6.08. The molecule has 0 saturated carbocycles. The lowest BCUT2D eigenvalue weighted by Crippen LogP contribution is -2.39. The Kier molecular flexibility index (Phi) is 11.2. The molecule has 0 amide bonds. The van der Waals surface area contributed by atoms with Crippen LogP contribution < -0.4 is 10.6 Å². The lowest BCUT2D eigenvalue weighted by molar-refractivity contribution is 0.105. The molecule has 0 atom stereocenters. The summed E-state index contributed by atoms with van der Waals surface area (Å²) in [6.07, 6.45) is 4.47. The number of furan rings is 1. The van der Waals surface area contributed by atoms with Crippen molar-refractivity contribution in [2.24, 2.45) is 4.99 Å². The zero-order valence-corrected chi connectivity index (χ0v) is 19.3. The van der Waals surface area contributed by atoms with Crippen molar-refractivity contribution in [3.05, 3.63) is 54.0 Å². The summed E-state index contributed by atoms with van der Waals surface area (Å²) < 4.78 is 33.7. The second-order valence-corrected chi connectivity index (χ2v) is 8.09. The van der Waals surface area contributed by atoms with Gasteiger partial charge < -0.3 is 19.8 Å².